The molecule has 4 N–H and O–H groups in total. The number of nitrogens with zero attached hydrogens (tertiary/aromatic N) is 4. The van der Waals surface area contributed by atoms with E-state index < -0.39 is 0 Å². The van der Waals surface area contributed by atoms with Crippen molar-refractivity contribution in [3.05, 3.63) is 53.2 Å². The van der Waals surface area contributed by atoms with Crippen LogP contribution >= 0.6 is 11.6 Å². The highest BCUT2D eigenvalue weighted by atomic mass is 35.5. The van der Waals surface area contributed by atoms with Crippen LogP contribution in [-0.2, 0) is 16.1 Å². The number of pyridine rings is 1. The zero-order valence-corrected chi connectivity index (χ0v) is 21.4. The molecule has 0 spiro atoms. The maximum absolute atomic E-state index is 12.2. The summed E-state index contributed by atoms with van der Waals surface area (Å²) in [5.74, 6) is 0.696. The second-order valence-corrected chi connectivity index (χ2v) is 10.7. The molecule has 1 aromatic carbocycles. The second kappa shape index (κ2) is 9.46. The minimum atomic E-state index is -0.290. The summed E-state index contributed by atoms with van der Waals surface area (Å²) in [4.78, 5) is 40.5. The zero-order chi connectivity index (χ0) is 25.7. The van der Waals surface area contributed by atoms with E-state index in [1.165, 1.54) is 5.56 Å². The van der Waals surface area contributed by atoms with Gasteiger partial charge in [-0.15, -0.1) is 0 Å². The summed E-state index contributed by atoms with van der Waals surface area (Å²) in [6, 6.07) is 8.21. The number of fused-ring (bicyclic) bond motifs is 3. The first kappa shape index (κ1) is 23.9. The van der Waals surface area contributed by atoms with Crippen molar-refractivity contribution >= 4 is 40.3 Å². The Hall–Kier alpha value is -3.43. The van der Waals surface area contributed by atoms with Crippen LogP contribution in [0.1, 0.15) is 18.9 Å². The molecule has 3 aromatic rings. The lowest BCUT2D eigenvalue weighted by Crippen LogP contribution is -2.47. The summed E-state index contributed by atoms with van der Waals surface area (Å²) in [5, 5.41) is 3.99. The molecule has 1 saturated heterocycles. The number of primary amides is 1. The molecule has 10 heteroatoms. The average molecular weight is 520 g/mol. The average Bonchev–Trinajstić information content (AvgIpc) is 3.61. The number of allylic oxidation sites excluding steroid dienone is 1. The Kier molecular flexibility index (Phi) is 6.12. The summed E-state index contributed by atoms with van der Waals surface area (Å²) in [6.07, 6.45) is 6.78. The highest BCUT2D eigenvalue weighted by Crippen LogP contribution is 2.46. The van der Waals surface area contributed by atoms with Gasteiger partial charge in [0.2, 0.25) is 11.8 Å². The van der Waals surface area contributed by atoms with Crippen LogP contribution in [0, 0.1) is 17.8 Å². The predicted octanol–water partition coefficient (Wildman–Crippen LogP) is 3.03. The number of anilines is 1. The zero-order valence-electron chi connectivity index (χ0n) is 20.7. The van der Waals surface area contributed by atoms with E-state index in [-0.39, 0.29) is 35.6 Å². The predicted molar refractivity (Wildman–Crippen MR) is 143 cm³/mol. The van der Waals surface area contributed by atoms with Crippen molar-refractivity contribution in [2.75, 3.05) is 31.5 Å². The summed E-state index contributed by atoms with van der Waals surface area (Å²) in [7, 11) is 0. The van der Waals surface area contributed by atoms with Crippen molar-refractivity contribution in [1.82, 2.24) is 24.8 Å². The third-order valence-corrected chi connectivity index (χ3v) is 8.31. The largest absolute Gasteiger partial charge is 0.378 e. The van der Waals surface area contributed by atoms with E-state index in [0.29, 0.717) is 27.7 Å². The van der Waals surface area contributed by atoms with E-state index in [2.05, 4.69) is 56.6 Å². The highest BCUT2D eigenvalue weighted by molar-refractivity contribution is 6.34. The van der Waals surface area contributed by atoms with E-state index >= 15 is 0 Å². The molecular formula is C27H30ClN7O2. The molecule has 2 aromatic heterocycles. The molecular weight excluding hydrogens is 490 g/mol. The SMILES string of the molecule is CC(=O)N1CCN(Cc2ccc(-c3nc4ncc(Cl)c(N[C@H]5[C@@H](C(N)=O)[C@@H]6C=C[C@H]5C6)c4[nH]3)cc2)CC1. The Morgan fingerprint density at radius 2 is 1.86 bits per heavy atom. The quantitative estimate of drug-likeness (QED) is 0.430. The van der Waals surface area contributed by atoms with Crippen molar-refractivity contribution in [2.45, 2.75) is 25.9 Å². The van der Waals surface area contributed by atoms with E-state index in [1.54, 1.807) is 13.1 Å². The Bertz CT molecular complexity index is 1380. The van der Waals surface area contributed by atoms with Crippen LogP contribution in [0.25, 0.3) is 22.6 Å². The molecule has 1 aliphatic heterocycles. The normalized spacial score (nSPS) is 25.2. The van der Waals surface area contributed by atoms with Gasteiger partial charge < -0.3 is 20.9 Å². The summed E-state index contributed by atoms with van der Waals surface area (Å²) < 4.78 is 0. The number of hydrogen-bond acceptors (Lipinski definition) is 6. The van der Waals surface area contributed by atoms with Crippen molar-refractivity contribution in [3.8, 4) is 11.4 Å². The van der Waals surface area contributed by atoms with Crippen LogP contribution in [0.3, 0.4) is 0 Å². The van der Waals surface area contributed by atoms with Gasteiger partial charge in [0.05, 0.1) is 22.8 Å². The number of aromatic nitrogens is 3. The smallest absolute Gasteiger partial charge is 0.223 e. The molecule has 0 radical (unpaired) electrons. The van der Waals surface area contributed by atoms with Crippen molar-refractivity contribution < 1.29 is 9.59 Å². The number of hydrogen-bond donors (Lipinski definition) is 3. The van der Waals surface area contributed by atoms with Gasteiger partial charge in [-0.3, -0.25) is 14.5 Å². The molecule has 2 aliphatic carbocycles. The summed E-state index contributed by atoms with van der Waals surface area (Å²) in [5.41, 5.74) is 9.88. The van der Waals surface area contributed by atoms with Gasteiger partial charge in [-0.05, 0) is 23.8 Å². The maximum Gasteiger partial charge on any atom is 0.223 e. The van der Waals surface area contributed by atoms with Gasteiger partial charge in [0.15, 0.2) is 5.65 Å². The molecule has 1 saturated carbocycles. The Morgan fingerprint density at radius 3 is 2.57 bits per heavy atom. The van der Waals surface area contributed by atoms with Crippen molar-refractivity contribution in [2.24, 2.45) is 23.5 Å². The third kappa shape index (κ3) is 4.46. The standard InChI is InChI=1S/C27H30ClN7O2/c1-15(36)35-10-8-34(9-11-35)14-16-2-4-17(5-3-16)26-32-24-23(20(28)13-30-27(24)33-26)31-22-19-7-6-18(12-19)21(22)25(29)37/h2-7,13,18-19,21-22H,8-12,14H2,1H3,(H2,29,37)(H2,30,31,32,33)/t18-,19+,21+,22-/m1/s1. The fourth-order valence-electron chi connectivity index (χ4n) is 6.03. The Balaban J connectivity index is 1.20. The van der Waals surface area contributed by atoms with Crippen LogP contribution in [0.4, 0.5) is 5.69 Å². The number of carbonyl (C=O) groups is 2. The molecule has 2 bridgehead atoms. The minimum absolute atomic E-state index is 0.112. The fraction of sp³-hybridized carbons (Fsp3) is 0.407. The van der Waals surface area contributed by atoms with Crippen molar-refractivity contribution in [1.29, 1.82) is 0 Å². The molecule has 3 heterocycles. The van der Waals surface area contributed by atoms with Crippen LogP contribution in [-0.4, -0.2) is 68.8 Å². The fourth-order valence-corrected chi connectivity index (χ4v) is 6.23. The number of piperazine rings is 1. The van der Waals surface area contributed by atoms with Gasteiger partial charge in [-0.25, -0.2) is 9.97 Å². The molecule has 6 rings (SSSR count). The van der Waals surface area contributed by atoms with Gasteiger partial charge in [0.25, 0.3) is 0 Å². The number of carbonyl (C=O) groups excluding carboxylic acids is 2. The number of rotatable bonds is 6. The van der Waals surface area contributed by atoms with Crippen LogP contribution < -0.4 is 11.1 Å². The van der Waals surface area contributed by atoms with Gasteiger partial charge in [-0.2, -0.15) is 0 Å². The first-order valence-corrected chi connectivity index (χ1v) is 13.1. The monoisotopic (exact) mass is 519 g/mol. The number of H-pyrrole nitrogens is 1. The number of imidazole rings is 1. The lowest BCUT2D eigenvalue weighted by Gasteiger charge is -2.34. The number of aromatic amines is 1. The van der Waals surface area contributed by atoms with E-state index in [0.717, 1.165) is 44.7 Å². The third-order valence-electron chi connectivity index (χ3n) is 8.02. The maximum atomic E-state index is 12.2. The number of nitrogens with one attached hydrogen (secondary N) is 2. The van der Waals surface area contributed by atoms with Crippen LogP contribution in [0.2, 0.25) is 5.02 Å². The number of amides is 2. The molecule has 0 unspecified atom stereocenters. The summed E-state index contributed by atoms with van der Waals surface area (Å²) in [6.45, 7) is 5.78. The van der Waals surface area contributed by atoms with Crippen molar-refractivity contribution in [3.63, 3.8) is 0 Å². The van der Waals surface area contributed by atoms with Gasteiger partial charge in [0.1, 0.15) is 11.3 Å². The first-order valence-electron chi connectivity index (χ1n) is 12.7. The van der Waals surface area contributed by atoms with E-state index in [1.807, 2.05) is 4.90 Å². The second-order valence-electron chi connectivity index (χ2n) is 10.3. The number of halogens is 1. The van der Waals surface area contributed by atoms with E-state index in [9.17, 15) is 9.59 Å². The molecule has 192 valence electrons. The minimum Gasteiger partial charge on any atom is -0.378 e. The van der Waals surface area contributed by atoms with Gasteiger partial charge >= 0.3 is 0 Å². The Morgan fingerprint density at radius 1 is 1.14 bits per heavy atom. The topological polar surface area (TPSA) is 120 Å². The van der Waals surface area contributed by atoms with Crippen LogP contribution in [0.15, 0.2) is 42.6 Å². The molecule has 3 aliphatic rings. The molecule has 2 fully saturated rings. The van der Waals surface area contributed by atoms with E-state index in [4.69, 9.17) is 22.3 Å². The molecule has 37 heavy (non-hydrogen) atoms. The van der Waals surface area contributed by atoms with Gasteiger partial charge in [0, 0.05) is 51.3 Å². The Labute approximate surface area is 220 Å². The lowest BCUT2D eigenvalue weighted by atomic mass is 9.88. The van der Waals surface area contributed by atoms with Crippen LogP contribution in [0.5, 0.6) is 0 Å². The number of nitrogens with two attached hydrogens (primary N) is 1. The molecule has 4 atom stereocenters. The number of benzene rings is 1. The lowest BCUT2D eigenvalue weighted by molar-refractivity contribution is -0.130. The highest BCUT2D eigenvalue weighted by Gasteiger charge is 2.47. The first-order chi connectivity index (χ1) is 17.9. The molecule has 2 amide bonds. The molecule has 9 nitrogen and oxygen atoms in total. The summed E-state index contributed by atoms with van der Waals surface area (Å²) >= 11 is 6.57. The van der Waals surface area contributed by atoms with Gasteiger partial charge in [-0.1, -0.05) is 48.0 Å².